The van der Waals surface area contributed by atoms with Crippen molar-refractivity contribution in [2.24, 2.45) is 0 Å². The molecule has 2 aliphatic heterocycles. The minimum Gasteiger partial charge on any atom is -0.507 e. The standard InChI is InChI=1S/C23H27N5S.C19H26N4O/c1-22(2)12-17(13-23(3,4)27-22)28(5)21-9-7-18(25-26-21)20-11-16-10-15(14-24)6-8-19(16)29-20;1-18(2)11-13(12-19(3,4)23-18)20-17-10-9-15(21-22-17)14-7-5-6-8-16(14)24/h6-11,17,27H,12-13H2,1-5H3;5-10,13,23-24H,11-12H2,1-4H3,(H,20,22). The molecule has 0 saturated carbocycles. The van der Waals surface area contributed by atoms with Crippen molar-refractivity contribution in [1.29, 1.82) is 5.26 Å². The van der Waals surface area contributed by atoms with Gasteiger partial charge in [-0.05, 0) is 147 Å². The molecule has 2 aromatic carbocycles. The Morgan fingerprint density at radius 2 is 1.38 bits per heavy atom. The lowest BCUT2D eigenvalue weighted by Gasteiger charge is -2.49. The van der Waals surface area contributed by atoms with Gasteiger partial charge in [-0.15, -0.1) is 31.7 Å². The number of para-hydroxylation sites is 1. The number of thiophene rings is 1. The minimum atomic E-state index is 0.0859. The summed E-state index contributed by atoms with van der Waals surface area (Å²) in [5.41, 5.74) is 3.27. The third kappa shape index (κ3) is 9.49. The van der Waals surface area contributed by atoms with Gasteiger partial charge >= 0.3 is 0 Å². The summed E-state index contributed by atoms with van der Waals surface area (Å²) in [5, 5.41) is 48.6. The lowest BCUT2D eigenvalue weighted by Crippen LogP contribution is -2.62. The van der Waals surface area contributed by atoms with Gasteiger partial charge in [0.25, 0.3) is 0 Å². The fraction of sp³-hybridized carbons (Fsp3) is 0.452. The second-order valence-electron chi connectivity index (χ2n) is 17.3. The van der Waals surface area contributed by atoms with E-state index in [1.54, 1.807) is 23.5 Å². The summed E-state index contributed by atoms with van der Waals surface area (Å²) in [6, 6.07) is 25.9. The zero-order valence-electron chi connectivity index (χ0n) is 32.5. The van der Waals surface area contributed by atoms with E-state index in [4.69, 9.17) is 5.26 Å². The maximum atomic E-state index is 9.92. The van der Waals surface area contributed by atoms with E-state index in [9.17, 15) is 5.11 Å². The Hall–Kier alpha value is -4.63. The number of aromatic hydroxyl groups is 1. The van der Waals surface area contributed by atoms with Gasteiger partial charge in [0.2, 0.25) is 0 Å². The van der Waals surface area contributed by atoms with Gasteiger partial charge in [0.15, 0.2) is 5.82 Å². The molecule has 2 aliphatic rings. The third-order valence-electron chi connectivity index (χ3n) is 10.0. The van der Waals surface area contributed by atoms with Crippen LogP contribution in [0, 0.1) is 11.3 Å². The number of aromatic nitrogens is 4. The zero-order valence-corrected chi connectivity index (χ0v) is 33.3. The minimum absolute atomic E-state index is 0.0859. The molecule has 0 bridgehead atoms. The number of fused-ring (bicyclic) bond motifs is 1. The molecule has 2 saturated heterocycles. The van der Waals surface area contributed by atoms with Crippen molar-refractivity contribution in [1.82, 2.24) is 31.0 Å². The normalized spacial score (nSPS) is 19.1. The molecule has 53 heavy (non-hydrogen) atoms. The molecule has 5 aromatic rings. The van der Waals surface area contributed by atoms with Crippen LogP contribution in [0.5, 0.6) is 5.75 Å². The number of hydrogen-bond donors (Lipinski definition) is 4. The molecule has 0 aliphatic carbocycles. The SMILES string of the molecule is CC1(C)CC(Nc2ccc(-c3ccccc3O)nn2)CC(C)(C)N1.CN(c1ccc(-c2cc3cc(C#N)ccc3s2)nn1)C1CC(C)(C)NC(C)(C)C1. The monoisotopic (exact) mass is 731 g/mol. The molecule has 3 aromatic heterocycles. The summed E-state index contributed by atoms with van der Waals surface area (Å²) in [6.45, 7) is 18.0. The Kier molecular flexibility index (Phi) is 10.5. The molecule has 7 rings (SSSR count). The number of nitrogens with one attached hydrogen (secondary N) is 3. The van der Waals surface area contributed by atoms with Gasteiger partial charge in [0.1, 0.15) is 17.3 Å². The predicted molar refractivity (Wildman–Crippen MR) is 217 cm³/mol. The molecule has 2 fully saturated rings. The van der Waals surface area contributed by atoms with Crippen LogP contribution in [0.25, 0.3) is 31.9 Å². The van der Waals surface area contributed by atoms with Crippen molar-refractivity contribution < 1.29 is 5.11 Å². The first-order chi connectivity index (χ1) is 24.9. The average molecular weight is 732 g/mol. The van der Waals surface area contributed by atoms with Gasteiger partial charge < -0.3 is 26.0 Å². The maximum absolute atomic E-state index is 9.92. The number of nitriles is 1. The highest BCUT2D eigenvalue weighted by Gasteiger charge is 2.40. The lowest BCUT2D eigenvalue weighted by atomic mass is 9.79. The van der Waals surface area contributed by atoms with E-state index in [0.29, 0.717) is 28.9 Å². The number of rotatable bonds is 6. The largest absolute Gasteiger partial charge is 0.507 e. The smallest absolute Gasteiger partial charge is 0.151 e. The topological polar surface area (TPSA) is 135 Å². The van der Waals surface area contributed by atoms with Crippen LogP contribution in [0.3, 0.4) is 0 Å². The second kappa shape index (κ2) is 14.7. The highest BCUT2D eigenvalue weighted by atomic mass is 32.1. The van der Waals surface area contributed by atoms with Crippen LogP contribution in [0.2, 0.25) is 0 Å². The van der Waals surface area contributed by atoms with Crippen molar-refractivity contribution in [3.05, 3.63) is 78.4 Å². The van der Waals surface area contributed by atoms with Crippen molar-refractivity contribution in [3.63, 3.8) is 0 Å². The molecule has 0 amide bonds. The van der Waals surface area contributed by atoms with Crippen LogP contribution in [-0.4, -0.2) is 66.8 Å². The van der Waals surface area contributed by atoms with E-state index in [2.05, 4.69) is 122 Å². The Morgan fingerprint density at radius 3 is 1.96 bits per heavy atom. The maximum Gasteiger partial charge on any atom is 0.151 e. The summed E-state index contributed by atoms with van der Waals surface area (Å²) in [4.78, 5) is 3.34. The number of benzene rings is 2. The summed E-state index contributed by atoms with van der Waals surface area (Å²) >= 11 is 1.68. The number of anilines is 2. The number of phenols is 1. The van der Waals surface area contributed by atoms with Crippen LogP contribution in [-0.2, 0) is 0 Å². The molecule has 10 nitrogen and oxygen atoms in total. The molecular formula is C42H53N9OS. The molecule has 4 N–H and O–H groups in total. The van der Waals surface area contributed by atoms with Crippen molar-refractivity contribution in [2.45, 2.75) is 115 Å². The molecule has 0 spiro atoms. The van der Waals surface area contributed by atoms with Crippen LogP contribution >= 0.6 is 11.3 Å². The van der Waals surface area contributed by atoms with Crippen LogP contribution in [0.15, 0.2) is 72.8 Å². The molecule has 5 heterocycles. The van der Waals surface area contributed by atoms with E-state index in [0.717, 1.165) is 58.0 Å². The summed E-state index contributed by atoms with van der Waals surface area (Å²) in [6.07, 6.45) is 4.18. The molecule has 278 valence electrons. The number of phenolic OH excluding ortho intramolecular Hbond substituents is 1. The van der Waals surface area contributed by atoms with Crippen LogP contribution in [0.4, 0.5) is 11.6 Å². The Bertz CT molecular complexity index is 2050. The zero-order chi connectivity index (χ0) is 38.2. The number of piperidine rings is 2. The molecule has 0 radical (unpaired) electrons. The summed E-state index contributed by atoms with van der Waals surface area (Å²) in [7, 11) is 2.12. The number of nitrogens with zero attached hydrogens (tertiary/aromatic N) is 6. The van der Waals surface area contributed by atoms with Gasteiger partial charge in [0, 0.05) is 51.6 Å². The van der Waals surface area contributed by atoms with Gasteiger partial charge in [-0.3, -0.25) is 0 Å². The molecule has 0 unspecified atom stereocenters. The van der Waals surface area contributed by atoms with Crippen molar-refractivity contribution in [2.75, 3.05) is 17.3 Å². The Morgan fingerprint density at radius 1 is 0.755 bits per heavy atom. The van der Waals surface area contributed by atoms with E-state index in [1.165, 1.54) is 0 Å². The van der Waals surface area contributed by atoms with E-state index >= 15 is 0 Å². The van der Waals surface area contributed by atoms with Crippen molar-refractivity contribution >= 4 is 33.1 Å². The Balaban J connectivity index is 0.000000185. The van der Waals surface area contributed by atoms with Crippen molar-refractivity contribution in [3.8, 4) is 33.6 Å². The highest BCUT2D eigenvalue weighted by molar-refractivity contribution is 7.22. The summed E-state index contributed by atoms with van der Waals surface area (Å²) < 4.78 is 1.15. The first-order valence-corrected chi connectivity index (χ1v) is 19.2. The fourth-order valence-electron chi connectivity index (χ4n) is 8.49. The highest BCUT2D eigenvalue weighted by Crippen LogP contribution is 2.36. The molecular weight excluding hydrogens is 679 g/mol. The lowest BCUT2D eigenvalue weighted by molar-refractivity contribution is 0.160. The van der Waals surface area contributed by atoms with Gasteiger partial charge in [-0.1, -0.05) is 12.1 Å². The van der Waals surface area contributed by atoms with Gasteiger partial charge in [-0.25, -0.2) is 0 Å². The van der Waals surface area contributed by atoms with E-state index in [1.807, 2.05) is 48.5 Å². The van der Waals surface area contributed by atoms with Gasteiger partial charge in [0.05, 0.1) is 22.2 Å². The quantitative estimate of drug-likeness (QED) is 0.135. The van der Waals surface area contributed by atoms with Crippen LogP contribution < -0.4 is 20.9 Å². The van der Waals surface area contributed by atoms with Gasteiger partial charge in [-0.2, -0.15) is 5.26 Å². The first kappa shape index (κ1) is 38.1. The fourth-order valence-corrected chi connectivity index (χ4v) is 9.50. The number of hydrogen-bond acceptors (Lipinski definition) is 11. The summed E-state index contributed by atoms with van der Waals surface area (Å²) in [5.74, 6) is 1.89. The Labute approximate surface area is 318 Å². The predicted octanol–water partition coefficient (Wildman–Crippen LogP) is 8.55. The van der Waals surface area contributed by atoms with E-state index in [-0.39, 0.29) is 27.9 Å². The first-order valence-electron chi connectivity index (χ1n) is 18.4. The molecule has 0 atom stereocenters. The van der Waals surface area contributed by atoms with Crippen LogP contribution in [0.1, 0.15) is 86.6 Å². The second-order valence-corrected chi connectivity index (χ2v) is 18.4. The van der Waals surface area contributed by atoms with E-state index < -0.39 is 0 Å². The average Bonchev–Trinajstić information content (AvgIpc) is 3.50. The third-order valence-corrected chi connectivity index (χ3v) is 11.2. The molecule has 11 heteroatoms.